The zero-order valence-corrected chi connectivity index (χ0v) is 18.6. The van der Waals surface area contributed by atoms with Crippen LogP contribution in [0.5, 0.6) is 0 Å². The lowest BCUT2D eigenvalue weighted by Crippen LogP contribution is -2.39. The highest BCUT2D eigenvalue weighted by Gasteiger charge is 2.22. The number of hydrogen-bond acceptors (Lipinski definition) is 7. The number of piperidine rings is 1. The van der Waals surface area contributed by atoms with Gasteiger partial charge >= 0.3 is 6.03 Å². The number of benzene rings is 1. The van der Waals surface area contributed by atoms with Crippen LogP contribution in [0, 0.1) is 0 Å². The van der Waals surface area contributed by atoms with E-state index in [0.29, 0.717) is 11.7 Å². The largest absolute Gasteiger partial charge is 0.341 e. The highest BCUT2D eigenvalue weighted by molar-refractivity contribution is 7.99. The lowest BCUT2D eigenvalue weighted by Gasteiger charge is -2.27. The van der Waals surface area contributed by atoms with E-state index in [1.165, 1.54) is 18.2 Å². The molecule has 0 aliphatic carbocycles. The maximum Gasteiger partial charge on any atom is 0.321 e. The minimum atomic E-state index is -0.502. The predicted octanol–water partition coefficient (Wildman–Crippen LogP) is 3.44. The van der Waals surface area contributed by atoms with Crippen LogP contribution in [0.3, 0.4) is 0 Å². The Morgan fingerprint density at radius 3 is 2.58 bits per heavy atom. The summed E-state index contributed by atoms with van der Waals surface area (Å²) in [5, 5.41) is 16.4. The molecule has 3 amide bonds. The first kappa shape index (κ1) is 21.4. The van der Waals surface area contributed by atoms with E-state index in [1.54, 1.807) is 11.3 Å². The molecular formula is C21H24N6O2S2. The minimum absolute atomic E-state index is 0.0669. The Kier molecular flexibility index (Phi) is 7.21. The van der Waals surface area contributed by atoms with E-state index < -0.39 is 6.03 Å². The number of rotatable bonds is 7. The summed E-state index contributed by atoms with van der Waals surface area (Å²) >= 11 is 2.82. The SMILES string of the molecule is O=C(CSc1nnc(N2CCCCC2)n1-c1ccccc1)NC(=O)NCc1cccs1. The summed E-state index contributed by atoms with van der Waals surface area (Å²) in [4.78, 5) is 27.5. The van der Waals surface area contributed by atoms with E-state index in [2.05, 4.69) is 25.7 Å². The van der Waals surface area contributed by atoms with Crippen LogP contribution in [0.25, 0.3) is 5.69 Å². The fourth-order valence-electron chi connectivity index (χ4n) is 3.38. The van der Waals surface area contributed by atoms with Crippen LogP contribution >= 0.6 is 23.1 Å². The van der Waals surface area contributed by atoms with Crippen LogP contribution in [0.1, 0.15) is 24.1 Å². The third-order valence-corrected chi connectivity index (χ3v) is 6.66. The van der Waals surface area contributed by atoms with Crippen LogP contribution in [-0.2, 0) is 11.3 Å². The molecule has 2 aromatic heterocycles. The number of amides is 3. The highest BCUT2D eigenvalue weighted by Crippen LogP contribution is 2.28. The molecule has 1 aliphatic heterocycles. The predicted molar refractivity (Wildman–Crippen MR) is 123 cm³/mol. The molecule has 10 heteroatoms. The maximum atomic E-state index is 12.3. The van der Waals surface area contributed by atoms with E-state index in [4.69, 9.17) is 0 Å². The van der Waals surface area contributed by atoms with E-state index >= 15 is 0 Å². The van der Waals surface area contributed by atoms with Crippen molar-refractivity contribution in [3.63, 3.8) is 0 Å². The number of hydrogen-bond donors (Lipinski definition) is 2. The van der Waals surface area contributed by atoms with Gasteiger partial charge in [0.1, 0.15) is 0 Å². The molecule has 0 spiro atoms. The summed E-state index contributed by atoms with van der Waals surface area (Å²) in [7, 11) is 0. The van der Waals surface area contributed by atoms with Crippen molar-refractivity contribution in [2.75, 3.05) is 23.7 Å². The molecule has 1 aliphatic rings. The van der Waals surface area contributed by atoms with Crippen molar-refractivity contribution < 1.29 is 9.59 Å². The molecule has 3 heterocycles. The van der Waals surface area contributed by atoms with Gasteiger partial charge in [-0.2, -0.15) is 0 Å². The second kappa shape index (κ2) is 10.5. The van der Waals surface area contributed by atoms with Gasteiger partial charge in [-0.15, -0.1) is 21.5 Å². The summed E-state index contributed by atoms with van der Waals surface area (Å²) in [6, 6.07) is 13.2. The Labute approximate surface area is 189 Å². The van der Waals surface area contributed by atoms with Crippen LogP contribution in [-0.4, -0.2) is 45.5 Å². The molecule has 0 bridgehead atoms. The lowest BCUT2D eigenvalue weighted by atomic mass is 10.1. The third kappa shape index (κ3) is 5.65. The quantitative estimate of drug-likeness (QED) is 0.529. The van der Waals surface area contributed by atoms with Crippen molar-refractivity contribution in [3.05, 3.63) is 52.7 Å². The smallest absolute Gasteiger partial charge is 0.321 e. The third-order valence-electron chi connectivity index (χ3n) is 4.86. The number of carbonyl (C=O) groups is 2. The van der Waals surface area contributed by atoms with Crippen molar-refractivity contribution in [3.8, 4) is 5.69 Å². The Morgan fingerprint density at radius 2 is 1.84 bits per heavy atom. The number of thioether (sulfide) groups is 1. The van der Waals surface area contributed by atoms with Gasteiger partial charge in [-0.05, 0) is 42.8 Å². The van der Waals surface area contributed by atoms with Crippen LogP contribution in [0.2, 0.25) is 0 Å². The van der Waals surface area contributed by atoms with Gasteiger partial charge in [0.25, 0.3) is 0 Å². The lowest BCUT2D eigenvalue weighted by molar-refractivity contribution is -0.117. The monoisotopic (exact) mass is 456 g/mol. The second-order valence-electron chi connectivity index (χ2n) is 7.10. The molecule has 0 radical (unpaired) electrons. The first-order chi connectivity index (χ1) is 15.2. The number of nitrogens with one attached hydrogen (secondary N) is 2. The molecule has 162 valence electrons. The van der Waals surface area contributed by atoms with Gasteiger partial charge < -0.3 is 10.2 Å². The number of nitrogens with zero attached hydrogens (tertiary/aromatic N) is 4. The van der Waals surface area contributed by atoms with E-state index in [9.17, 15) is 9.59 Å². The van der Waals surface area contributed by atoms with Gasteiger partial charge in [0.05, 0.1) is 18.0 Å². The van der Waals surface area contributed by atoms with Gasteiger partial charge in [0, 0.05) is 18.0 Å². The minimum Gasteiger partial charge on any atom is -0.341 e. The van der Waals surface area contributed by atoms with Gasteiger partial charge in [-0.1, -0.05) is 36.0 Å². The van der Waals surface area contributed by atoms with Crippen LogP contribution < -0.4 is 15.5 Å². The highest BCUT2D eigenvalue weighted by atomic mass is 32.2. The molecule has 0 atom stereocenters. The van der Waals surface area contributed by atoms with Gasteiger partial charge in [-0.25, -0.2) is 4.79 Å². The fraction of sp³-hybridized carbons (Fsp3) is 0.333. The summed E-state index contributed by atoms with van der Waals surface area (Å²) < 4.78 is 1.99. The molecule has 3 aromatic rings. The Hall–Kier alpha value is -2.85. The number of thiophene rings is 1. The first-order valence-electron chi connectivity index (χ1n) is 10.2. The van der Waals surface area contributed by atoms with Crippen molar-refractivity contribution >= 4 is 41.0 Å². The molecular weight excluding hydrogens is 432 g/mol. The van der Waals surface area contributed by atoms with Crippen molar-refractivity contribution in [2.24, 2.45) is 0 Å². The number of aromatic nitrogens is 3. The molecule has 2 N–H and O–H groups in total. The zero-order valence-electron chi connectivity index (χ0n) is 17.0. The molecule has 0 unspecified atom stereocenters. The standard InChI is InChI=1S/C21H24N6O2S2/c28-18(23-19(29)22-14-17-10-7-13-30-17)15-31-21-25-24-20(26-11-5-2-6-12-26)27(21)16-8-3-1-4-9-16/h1,3-4,7-10,13H,2,5-6,11-12,14-15H2,(H2,22,23,28,29). The summed E-state index contributed by atoms with van der Waals surface area (Å²) in [6.07, 6.45) is 3.49. The number of carbonyl (C=O) groups excluding carboxylic acids is 2. The molecule has 4 rings (SSSR count). The number of urea groups is 1. The van der Waals surface area contributed by atoms with E-state index in [-0.39, 0.29) is 11.7 Å². The number of para-hydroxylation sites is 1. The van der Waals surface area contributed by atoms with Crippen molar-refractivity contribution in [1.29, 1.82) is 0 Å². The number of imide groups is 1. The second-order valence-corrected chi connectivity index (χ2v) is 9.07. The number of anilines is 1. The molecule has 1 aromatic carbocycles. The van der Waals surface area contributed by atoms with Crippen LogP contribution in [0.4, 0.5) is 10.7 Å². The average molecular weight is 457 g/mol. The average Bonchev–Trinajstić information content (AvgIpc) is 3.47. The summed E-state index contributed by atoms with van der Waals surface area (Å²) in [5.41, 5.74) is 0.949. The summed E-state index contributed by atoms with van der Waals surface area (Å²) in [5.74, 6) is 0.482. The molecule has 8 nitrogen and oxygen atoms in total. The fourth-order valence-corrected chi connectivity index (χ4v) is 4.77. The Bertz CT molecular complexity index is 1000. The summed E-state index contributed by atoms with van der Waals surface area (Å²) in [6.45, 7) is 2.28. The van der Waals surface area contributed by atoms with Crippen molar-refractivity contribution in [2.45, 2.75) is 31.0 Å². The van der Waals surface area contributed by atoms with Crippen LogP contribution in [0.15, 0.2) is 53.0 Å². The molecule has 1 fully saturated rings. The topological polar surface area (TPSA) is 92.2 Å². The normalized spacial score (nSPS) is 13.7. The maximum absolute atomic E-state index is 12.3. The Balaban J connectivity index is 1.40. The van der Waals surface area contributed by atoms with Crippen molar-refractivity contribution in [1.82, 2.24) is 25.4 Å². The Morgan fingerprint density at radius 1 is 1.03 bits per heavy atom. The van der Waals surface area contributed by atoms with E-state index in [1.807, 2.05) is 52.4 Å². The van der Waals surface area contributed by atoms with E-state index in [0.717, 1.165) is 42.4 Å². The first-order valence-corrected chi connectivity index (χ1v) is 12.1. The molecule has 31 heavy (non-hydrogen) atoms. The van der Waals surface area contributed by atoms with Gasteiger partial charge in [0.2, 0.25) is 11.9 Å². The zero-order chi connectivity index (χ0) is 21.5. The van der Waals surface area contributed by atoms with Gasteiger partial charge in [-0.3, -0.25) is 14.7 Å². The molecule has 0 saturated carbocycles. The molecule has 1 saturated heterocycles. The van der Waals surface area contributed by atoms with Gasteiger partial charge in [0.15, 0.2) is 5.16 Å².